The summed E-state index contributed by atoms with van der Waals surface area (Å²) in [5.74, 6) is -0.977. The van der Waals surface area contributed by atoms with Crippen molar-refractivity contribution in [1.82, 2.24) is 10.6 Å². The average Bonchev–Trinajstić information content (AvgIpc) is 2.58. The number of hydrogen-bond donors (Lipinski definition) is 3. The number of ether oxygens (including phenoxy) is 1. The number of carbonyl (C=O) groups excluding carboxylic acids is 3. The first kappa shape index (κ1) is 19.6. The van der Waals surface area contributed by atoms with Gasteiger partial charge in [0.15, 0.2) is 0 Å². The molecule has 0 fully saturated rings. The Morgan fingerprint density at radius 1 is 1.12 bits per heavy atom. The second-order valence-electron chi connectivity index (χ2n) is 5.78. The van der Waals surface area contributed by atoms with Gasteiger partial charge in [0, 0.05) is 6.54 Å². The van der Waals surface area contributed by atoms with Gasteiger partial charge in [-0.15, -0.1) is 0 Å². The Bertz CT molecular complexity index is 570. The van der Waals surface area contributed by atoms with E-state index in [0.29, 0.717) is 18.5 Å². The zero-order chi connectivity index (χ0) is 18.1. The lowest BCUT2D eigenvalue weighted by molar-refractivity contribution is -0.127. The van der Waals surface area contributed by atoms with Crippen molar-refractivity contribution >= 4 is 17.8 Å². The SMILES string of the molecule is COC(=O)c1ccc(CCNC(=O)CNC(=O)[C@@H](N)C(C)C)cc1. The number of benzene rings is 1. The minimum Gasteiger partial charge on any atom is -0.465 e. The summed E-state index contributed by atoms with van der Waals surface area (Å²) in [6.45, 7) is 4.02. The average molecular weight is 335 g/mol. The van der Waals surface area contributed by atoms with Crippen LogP contribution in [0.2, 0.25) is 0 Å². The van der Waals surface area contributed by atoms with Crippen LogP contribution >= 0.6 is 0 Å². The molecule has 24 heavy (non-hydrogen) atoms. The normalized spacial score (nSPS) is 11.7. The van der Waals surface area contributed by atoms with Crippen LogP contribution in [0.3, 0.4) is 0 Å². The van der Waals surface area contributed by atoms with Gasteiger partial charge in [0.25, 0.3) is 0 Å². The molecule has 1 aromatic rings. The van der Waals surface area contributed by atoms with Crippen LogP contribution < -0.4 is 16.4 Å². The fourth-order valence-corrected chi connectivity index (χ4v) is 1.92. The summed E-state index contributed by atoms with van der Waals surface area (Å²) in [7, 11) is 1.33. The number of carbonyl (C=O) groups is 3. The van der Waals surface area contributed by atoms with E-state index in [4.69, 9.17) is 5.73 Å². The standard InChI is InChI=1S/C17H25N3O4/c1-11(2)15(18)16(22)20-10-14(21)19-9-8-12-4-6-13(7-5-12)17(23)24-3/h4-7,11,15H,8-10,18H2,1-3H3,(H,19,21)(H,20,22)/t15-/m0/s1. The van der Waals surface area contributed by atoms with Gasteiger partial charge in [-0.25, -0.2) is 4.79 Å². The summed E-state index contributed by atoms with van der Waals surface area (Å²) < 4.78 is 4.63. The Hall–Kier alpha value is -2.41. The molecule has 0 bridgehead atoms. The zero-order valence-electron chi connectivity index (χ0n) is 14.3. The highest BCUT2D eigenvalue weighted by molar-refractivity contribution is 5.89. The van der Waals surface area contributed by atoms with E-state index in [-0.39, 0.29) is 30.2 Å². The molecule has 0 spiro atoms. The van der Waals surface area contributed by atoms with Crippen LogP contribution in [-0.4, -0.2) is 44.0 Å². The number of hydrogen-bond acceptors (Lipinski definition) is 5. The monoisotopic (exact) mass is 335 g/mol. The topological polar surface area (TPSA) is 111 Å². The van der Waals surface area contributed by atoms with Crippen molar-refractivity contribution in [3.05, 3.63) is 35.4 Å². The molecular weight excluding hydrogens is 310 g/mol. The maximum Gasteiger partial charge on any atom is 0.337 e. The molecule has 0 aliphatic rings. The highest BCUT2D eigenvalue weighted by Gasteiger charge is 2.17. The third-order valence-electron chi connectivity index (χ3n) is 3.56. The summed E-state index contributed by atoms with van der Waals surface area (Å²) in [5, 5.41) is 5.23. The second-order valence-corrected chi connectivity index (χ2v) is 5.78. The predicted octanol–water partition coefficient (Wildman–Crippen LogP) is 0.231. The Kier molecular flexibility index (Phi) is 7.91. The van der Waals surface area contributed by atoms with E-state index in [1.54, 1.807) is 12.1 Å². The predicted molar refractivity (Wildman–Crippen MR) is 90.3 cm³/mol. The first-order valence-corrected chi connectivity index (χ1v) is 7.82. The minimum atomic E-state index is -0.619. The highest BCUT2D eigenvalue weighted by atomic mass is 16.5. The molecule has 0 unspecified atom stereocenters. The molecule has 0 saturated carbocycles. The maximum absolute atomic E-state index is 11.7. The van der Waals surface area contributed by atoms with E-state index in [1.807, 2.05) is 26.0 Å². The fourth-order valence-electron chi connectivity index (χ4n) is 1.92. The molecule has 1 rings (SSSR count). The lowest BCUT2D eigenvalue weighted by Crippen LogP contribution is -2.47. The molecule has 0 aliphatic heterocycles. The van der Waals surface area contributed by atoms with E-state index >= 15 is 0 Å². The largest absolute Gasteiger partial charge is 0.465 e. The smallest absolute Gasteiger partial charge is 0.337 e. The number of nitrogens with one attached hydrogen (secondary N) is 2. The summed E-state index contributed by atoms with van der Waals surface area (Å²) in [6, 6.07) is 6.35. The first-order chi connectivity index (χ1) is 11.3. The Labute approximate surface area is 141 Å². The van der Waals surface area contributed by atoms with E-state index in [2.05, 4.69) is 15.4 Å². The Morgan fingerprint density at radius 2 is 1.75 bits per heavy atom. The van der Waals surface area contributed by atoms with Crippen LogP contribution in [0.5, 0.6) is 0 Å². The minimum absolute atomic E-state index is 0.0148. The van der Waals surface area contributed by atoms with Crippen molar-refractivity contribution in [2.24, 2.45) is 11.7 Å². The van der Waals surface area contributed by atoms with Gasteiger partial charge in [0.1, 0.15) is 0 Å². The molecule has 7 heteroatoms. The van der Waals surface area contributed by atoms with Crippen molar-refractivity contribution in [3.8, 4) is 0 Å². The fraction of sp³-hybridized carbons (Fsp3) is 0.471. The lowest BCUT2D eigenvalue weighted by atomic mass is 10.1. The van der Waals surface area contributed by atoms with Crippen LogP contribution in [0.15, 0.2) is 24.3 Å². The Morgan fingerprint density at radius 3 is 2.29 bits per heavy atom. The highest BCUT2D eigenvalue weighted by Crippen LogP contribution is 2.06. The third-order valence-corrected chi connectivity index (χ3v) is 3.56. The van der Waals surface area contributed by atoms with E-state index in [1.165, 1.54) is 7.11 Å². The third kappa shape index (κ3) is 6.37. The van der Waals surface area contributed by atoms with Crippen LogP contribution in [0, 0.1) is 5.92 Å². The van der Waals surface area contributed by atoms with Crippen molar-refractivity contribution < 1.29 is 19.1 Å². The van der Waals surface area contributed by atoms with Gasteiger partial charge in [-0.3, -0.25) is 9.59 Å². The van der Waals surface area contributed by atoms with Crippen LogP contribution in [0.25, 0.3) is 0 Å². The van der Waals surface area contributed by atoms with Gasteiger partial charge >= 0.3 is 5.97 Å². The molecule has 7 nitrogen and oxygen atoms in total. The molecule has 4 N–H and O–H groups in total. The van der Waals surface area contributed by atoms with Gasteiger partial charge in [-0.1, -0.05) is 26.0 Å². The van der Waals surface area contributed by atoms with Crippen molar-refractivity contribution in [1.29, 1.82) is 0 Å². The van der Waals surface area contributed by atoms with Crippen LogP contribution in [0.4, 0.5) is 0 Å². The van der Waals surface area contributed by atoms with Crippen LogP contribution in [0.1, 0.15) is 29.8 Å². The molecule has 0 aliphatic carbocycles. The summed E-state index contributed by atoms with van der Waals surface area (Å²) in [4.78, 5) is 34.6. The van der Waals surface area contributed by atoms with E-state index < -0.39 is 6.04 Å². The molecule has 0 radical (unpaired) electrons. The van der Waals surface area contributed by atoms with Crippen LogP contribution in [-0.2, 0) is 20.7 Å². The second kappa shape index (κ2) is 9.67. The molecule has 2 amide bonds. The molecule has 0 aromatic heterocycles. The molecule has 0 heterocycles. The molecule has 1 atom stereocenters. The van der Waals surface area contributed by atoms with Gasteiger partial charge in [-0.2, -0.15) is 0 Å². The molecular formula is C17H25N3O4. The summed E-state index contributed by atoms with van der Waals surface area (Å²) in [6.07, 6.45) is 0.618. The zero-order valence-corrected chi connectivity index (χ0v) is 14.3. The quantitative estimate of drug-likeness (QED) is 0.589. The number of amides is 2. The van der Waals surface area contributed by atoms with Gasteiger partial charge in [0.05, 0.1) is 25.3 Å². The van der Waals surface area contributed by atoms with Crippen molar-refractivity contribution in [2.45, 2.75) is 26.3 Å². The number of rotatable bonds is 8. The van der Waals surface area contributed by atoms with E-state index in [9.17, 15) is 14.4 Å². The first-order valence-electron chi connectivity index (χ1n) is 7.82. The van der Waals surface area contributed by atoms with Crippen molar-refractivity contribution in [2.75, 3.05) is 20.2 Å². The van der Waals surface area contributed by atoms with Gasteiger partial charge in [-0.05, 0) is 30.0 Å². The lowest BCUT2D eigenvalue weighted by Gasteiger charge is -2.15. The molecule has 0 saturated heterocycles. The molecule has 1 aromatic carbocycles. The van der Waals surface area contributed by atoms with Gasteiger partial charge < -0.3 is 21.1 Å². The Balaban J connectivity index is 2.30. The van der Waals surface area contributed by atoms with Gasteiger partial charge in [0.2, 0.25) is 11.8 Å². The summed E-state index contributed by atoms with van der Waals surface area (Å²) in [5.41, 5.74) is 7.15. The van der Waals surface area contributed by atoms with Crippen molar-refractivity contribution in [3.63, 3.8) is 0 Å². The maximum atomic E-state index is 11.7. The summed E-state index contributed by atoms with van der Waals surface area (Å²) >= 11 is 0. The number of nitrogens with two attached hydrogens (primary N) is 1. The number of methoxy groups -OCH3 is 1. The molecule has 132 valence electrons. The number of esters is 1. The van der Waals surface area contributed by atoms with E-state index in [0.717, 1.165) is 5.56 Å².